The van der Waals surface area contributed by atoms with E-state index >= 15 is 0 Å². The largest absolute Gasteiger partial charge is 0.399 e. The molecule has 1 heterocycles. The number of carbonyl (C=O) groups excluding carboxylic acids is 2. The first-order valence-electron chi connectivity index (χ1n) is 5.95. The van der Waals surface area contributed by atoms with E-state index in [2.05, 4.69) is 15.6 Å². The summed E-state index contributed by atoms with van der Waals surface area (Å²) in [6.07, 6.45) is 1.48. The molecule has 0 aliphatic carbocycles. The molecule has 0 saturated heterocycles. The van der Waals surface area contributed by atoms with Gasteiger partial charge in [-0.25, -0.2) is 0 Å². The van der Waals surface area contributed by atoms with E-state index < -0.39 is 0 Å². The molecule has 0 bridgehead atoms. The monoisotopic (exact) mass is 270 g/mol. The van der Waals surface area contributed by atoms with E-state index in [0.717, 1.165) is 0 Å². The molecule has 102 valence electrons. The van der Waals surface area contributed by atoms with Crippen molar-refractivity contribution in [2.45, 2.75) is 6.92 Å². The summed E-state index contributed by atoms with van der Waals surface area (Å²) < 4.78 is 0. The van der Waals surface area contributed by atoms with E-state index in [4.69, 9.17) is 5.73 Å². The molecule has 0 saturated carbocycles. The van der Waals surface area contributed by atoms with Gasteiger partial charge in [-0.05, 0) is 36.4 Å². The smallest absolute Gasteiger partial charge is 0.274 e. The lowest BCUT2D eigenvalue weighted by Gasteiger charge is -2.07. The average Bonchev–Trinajstić information content (AvgIpc) is 2.40. The quantitative estimate of drug-likeness (QED) is 0.793. The maximum absolute atomic E-state index is 11.9. The summed E-state index contributed by atoms with van der Waals surface area (Å²) in [5.74, 6) is -0.490. The van der Waals surface area contributed by atoms with Crippen molar-refractivity contribution < 1.29 is 9.59 Å². The number of anilines is 3. The molecule has 0 unspecified atom stereocenters. The van der Waals surface area contributed by atoms with E-state index in [1.54, 1.807) is 30.3 Å². The molecule has 0 atom stereocenters. The number of hydrogen-bond acceptors (Lipinski definition) is 4. The molecule has 2 aromatic rings. The first kappa shape index (κ1) is 13.5. The topological polar surface area (TPSA) is 97.1 Å². The molecule has 20 heavy (non-hydrogen) atoms. The number of benzene rings is 1. The van der Waals surface area contributed by atoms with Gasteiger partial charge >= 0.3 is 0 Å². The first-order chi connectivity index (χ1) is 9.54. The van der Waals surface area contributed by atoms with Gasteiger partial charge in [-0.1, -0.05) is 0 Å². The van der Waals surface area contributed by atoms with Crippen LogP contribution in [0.3, 0.4) is 0 Å². The third kappa shape index (κ3) is 3.55. The van der Waals surface area contributed by atoms with Crippen molar-refractivity contribution in [1.29, 1.82) is 0 Å². The normalized spacial score (nSPS) is 9.85. The van der Waals surface area contributed by atoms with E-state index in [9.17, 15) is 9.59 Å². The molecule has 2 rings (SSSR count). The van der Waals surface area contributed by atoms with Gasteiger partial charge in [0, 0.05) is 30.2 Å². The van der Waals surface area contributed by atoms with Crippen LogP contribution in [0.5, 0.6) is 0 Å². The van der Waals surface area contributed by atoms with Crippen molar-refractivity contribution >= 4 is 28.9 Å². The van der Waals surface area contributed by atoms with Crippen LogP contribution < -0.4 is 16.4 Å². The molecule has 2 amide bonds. The summed E-state index contributed by atoms with van der Waals surface area (Å²) in [6.45, 7) is 1.43. The molecule has 1 aromatic heterocycles. The van der Waals surface area contributed by atoms with Crippen molar-refractivity contribution in [2.75, 3.05) is 16.4 Å². The number of nitrogen functional groups attached to an aromatic ring is 1. The van der Waals surface area contributed by atoms with E-state index in [1.807, 2.05) is 0 Å². The Labute approximate surface area is 116 Å². The Kier molecular flexibility index (Phi) is 3.95. The van der Waals surface area contributed by atoms with Gasteiger partial charge in [-0.2, -0.15) is 0 Å². The lowest BCUT2D eigenvalue weighted by molar-refractivity contribution is -0.114. The fourth-order valence-corrected chi connectivity index (χ4v) is 1.61. The summed E-state index contributed by atoms with van der Waals surface area (Å²) in [4.78, 5) is 26.8. The van der Waals surface area contributed by atoms with Crippen LogP contribution >= 0.6 is 0 Å². The summed E-state index contributed by atoms with van der Waals surface area (Å²) in [7, 11) is 0. The van der Waals surface area contributed by atoms with Crippen LogP contribution in [-0.4, -0.2) is 16.8 Å². The highest BCUT2D eigenvalue weighted by atomic mass is 16.2. The Morgan fingerprint density at radius 1 is 1.05 bits per heavy atom. The summed E-state index contributed by atoms with van der Waals surface area (Å²) in [5, 5.41) is 5.34. The molecule has 0 spiro atoms. The Morgan fingerprint density at radius 2 is 1.65 bits per heavy atom. The van der Waals surface area contributed by atoms with Crippen LogP contribution in [0.1, 0.15) is 17.4 Å². The first-order valence-corrected chi connectivity index (χ1v) is 5.95. The van der Waals surface area contributed by atoms with Crippen LogP contribution in [0.2, 0.25) is 0 Å². The number of nitrogens with one attached hydrogen (secondary N) is 2. The van der Waals surface area contributed by atoms with Gasteiger partial charge in [0.05, 0.1) is 0 Å². The van der Waals surface area contributed by atoms with E-state index in [0.29, 0.717) is 17.1 Å². The number of carbonyl (C=O) groups is 2. The fraction of sp³-hybridized carbons (Fsp3) is 0.0714. The molecule has 0 fully saturated rings. The van der Waals surface area contributed by atoms with Gasteiger partial charge < -0.3 is 16.4 Å². The zero-order chi connectivity index (χ0) is 14.5. The zero-order valence-corrected chi connectivity index (χ0v) is 10.9. The second kappa shape index (κ2) is 5.83. The number of nitrogens with two attached hydrogens (primary N) is 1. The van der Waals surface area contributed by atoms with Crippen molar-refractivity contribution in [3.05, 3.63) is 48.3 Å². The standard InChI is InChI=1S/C14H14N4O2/c1-9(19)17-11-2-4-12(5-3-11)18-14(20)13-8-10(15)6-7-16-13/h2-8H,1H3,(H2,15,16)(H,17,19)(H,18,20). The van der Waals surface area contributed by atoms with Gasteiger partial charge in [-0.3, -0.25) is 14.6 Å². The zero-order valence-electron chi connectivity index (χ0n) is 10.9. The van der Waals surface area contributed by atoms with Crippen LogP contribution in [0.4, 0.5) is 17.1 Å². The van der Waals surface area contributed by atoms with Gasteiger partial charge in [-0.15, -0.1) is 0 Å². The fourth-order valence-electron chi connectivity index (χ4n) is 1.61. The third-order valence-corrected chi connectivity index (χ3v) is 2.48. The minimum absolute atomic E-state index is 0.147. The number of pyridine rings is 1. The van der Waals surface area contributed by atoms with Crippen molar-refractivity contribution in [2.24, 2.45) is 0 Å². The molecular formula is C14H14N4O2. The average molecular weight is 270 g/mol. The highest BCUT2D eigenvalue weighted by molar-refractivity contribution is 6.03. The predicted octanol–water partition coefficient (Wildman–Crippen LogP) is 1.87. The molecule has 4 N–H and O–H groups in total. The van der Waals surface area contributed by atoms with Crippen molar-refractivity contribution in [1.82, 2.24) is 4.98 Å². The number of nitrogens with zero attached hydrogens (tertiary/aromatic N) is 1. The number of rotatable bonds is 3. The van der Waals surface area contributed by atoms with Gasteiger partial charge in [0.15, 0.2) is 0 Å². The molecule has 6 nitrogen and oxygen atoms in total. The third-order valence-electron chi connectivity index (χ3n) is 2.48. The second-order valence-corrected chi connectivity index (χ2v) is 4.19. The SMILES string of the molecule is CC(=O)Nc1ccc(NC(=O)c2cc(N)ccn2)cc1. The minimum atomic E-state index is -0.343. The maximum atomic E-state index is 11.9. The van der Waals surface area contributed by atoms with Crippen LogP contribution in [0, 0.1) is 0 Å². The summed E-state index contributed by atoms with van der Waals surface area (Å²) in [5.41, 5.74) is 7.59. The van der Waals surface area contributed by atoms with Crippen LogP contribution in [-0.2, 0) is 4.79 Å². The Balaban J connectivity index is 2.06. The Bertz CT molecular complexity index is 638. The number of aromatic nitrogens is 1. The van der Waals surface area contributed by atoms with E-state index in [1.165, 1.54) is 19.2 Å². The Hall–Kier alpha value is -2.89. The van der Waals surface area contributed by atoms with Crippen LogP contribution in [0.15, 0.2) is 42.6 Å². The molecule has 6 heteroatoms. The van der Waals surface area contributed by atoms with Crippen LogP contribution in [0.25, 0.3) is 0 Å². The number of amides is 2. The summed E-state index contributed by atoms with van der Waals surface area (Å²) in [6, 6.07) is 9.89. The maximum Gasteiger partial charge on any atom is 0.274 e. The molecule has 1 aromatic carbocycles. The Morgan fingerprint density at radius 3 is 2.20 bits per heavy atom. The molecular weight excluding hydrogens is 256 g/mol. The highest BCUT2D eigenvalue weighted by Gasteiger charge is 2.07. The van der Waals surface area contributed by atoms with Gasteiger partial charge in [0.1, 0.15) is 5.69 Å². The molecule has 0 radical (unpaired) electrons. The van der Waals surface area contributed by atoms with Crippen molar-refractivity contribution in [3.8, 4) is 0 Å². The van der Waals surface area contributed by atoms with Crippen molar-refractivity contribution in [3.63, 3.8) is 0 Å². The summed E-state index contributed by atoms with van der Waals surface area (Å²) >= 11 is 0. The minimum Gasteiger partial charge on any atom is -0.399 e. The molecule has 0 aliphatic heterocycles. The lowest BCUT2D eigenvalue weighted by atomic mass is 10.2. The second-order valence-electron chi connectivity index (χ2n) is 4.19. The highest BCUT2D eigenvalue weighted by Crippen LogP contribution is 2.14. The molecule has 0 aliphatic rings. The predicted molar refractivity (Wildman–Crippen MR) is 77.3 cm³/mol. The lowest BCUT2D eigenvalue weighted by Crippen LogP contribution is -2.14. The van der Waals surface area contributed by atoms with Gasteiger partial charge in [0.2, 0.25) is 5.91 Å². The number of hydrogen-bond donors (Lipinski definition) is 3. The van der Waals surface area contributed by atoms with E-state index in [-0.39, 0.29) is 17.5 Å². The van der Waals surface area contributed by atoms with Gasteiger partial charge in [0.25, 0.3) is 5.91 Å².